The molecule has 1 saturated heterocycles. The van der Waals surface area contributed by atoms with Gasteiger partial charge in [0, 0.05) is 25.8 Å². The van der Waals surface area contributed by atoms with E-state index in [2.05, 4.69) is 19.1 Å². The van der Waals surface area contributed by atoms with Crippen LogP contribution in [-0.4, -0.2) is 58.9 Å². The topological polar surface area (TPSA) is 135 Å². The molecule has 128 valence electrons. The number of primary amides is 1. The highest BCUT2D eigenvalue weighted by Crippen LogP contribution is 2.46. The van der Waals surface area contributed by atoms with E-state index >= 15 is 0 Å². The zero-order chi connectivity index (χ0) is 16.9. The average molecular weight is 352 g/mol. The van der Waals surface area contributed by atoms with Gasteiger partial charge in [-0.05, 0) is 18.9 Å². The number of hydrogen-bond donors (Lipinski definition) is 2. The largest absolute Gasteiger partial charge is 0.421 e. The Morgan fingerprint density at radius 1 is 1.33 bits per heavy atom. The van der Waals surface area contributed by atoms with E-state index < -0.39 is 21.9 Å². The van der Waals surface area contributed by atoms with Crippen molar-refractivity contribution < 1.29 is 17.4 Å². The maximum absolute atomic E-state index is 12.2. The minimum absolute atomic E-state index is 0.200. The number of nitrogens with two attached hydrogens (primary N) is 1. The van der Waals surface area contributed by atoms with Gasteiger partial charge >= 0.3 is 16.4 Å². The third-order valence-corrected chi connectivity index (χ3v) is 5.99. The fourth-order valence-corrected chi connectivity index (χ4v) is 4.62. The lowest BCUT2D eigenvalue weighted by atomic mass is 10.2. The number of anilines is 1. The van der Waals surface area contributed by atoms with Crippen molar-refractivity contribution >= 4 is 33.2 Å². The van der Waals surface area contributed by atoms with Crippen LogP contribution >= 0.6 is 0 Å². The highest BCUT2D eigenvalue weighted by molar-refractivity contribution is 7.84. The van der Waals surface area contributed by atoms with Gasteiger partial charge in [-0.3, -0.25) is 0 Å². The van der Waals surface area contributed by atoms with E-state index in [4.69, 9.17) is 5.73 Å². The van der Waals surface area contributed by atoms with Gasteiger partial charge in [0.05, 0.1) is 10.9 Å². The normalized spacial score (nSPS) is 20.4. The van der Waals surface area contributed by atoms with E-state index in [0.717, 1.165) is 16.9 Å². The maximum Gasteiger partial charge on any atom is 0.421 e. The highest BCUT2D eigenvalue weighted by Gasteiger charge is 2.57. The Hall–Kier alpha value is -2.40. The molecule has 2 fully saturated rings. The van der Waals surface area contributed by atoms with E-state index in [1.54, 1.807) is 6.20 Å². The SMILES string of the molecule is NC(=O)OS(=O)(=O)N1CCN(c2ncnc3[nH]ccc23)CC12CC2. The Balaban J connectivity index is 1.62. The lowest BCUT2D eigenvalue weighted by Gasteiger charge is -2.40. The van der Waals surface area contributed by atoms with E-state index in [-0.39, 0.29) is 6.54 Å². The molecule has 11 heteroatoms. The first-order valence-electron chi connectivity index (χ1n) is 7.46. The first kappa shape index (κ1) is 15.1. The Morgan fingerprint density at radius 2 is 2.12 bits per heavy atom. The smallest absolute Gasteiger partial charge is 0.353 e. The molecule has 3 N–H and O–H groups in total. The molecule has 2 aromatic heterocycles. The fourth-order valence-electron chi connectivity index (χ4n) is 3.30. The van der Waals surface area contributed by atoms with E-state index in [9.17, 15) is 13.2 Å². The van der Waals surface area contributed by atoms with Gasteiger partial charge in [-0.2, -0.15) is 12.7 Å². The third kappa shape index (κ3) is 2.36. The van der Waals surface area contributed by atoms with Crippen molar-refractivity contribution in [2.24, 2.45) is 5.73 Å². The molecule has 0 unspecified atom stereocenters. The number of hydrogen-bond acceptors (Lipinski definition) is 7. The molecule has 1 aliphatic carbocycles. The number of nitrogens with zero attached hydrogens (tertiary/aromatic N) is 4. The quantitative estimate of drug-likeness (QED) is 0.791. The molecular weight excluding hydrogens is 336 g/mol. The van der Waals surface area contributed by atoms with Crippen LogP contribution < -0.4 is 10.6 Å². The van der Waals surface area contributed by atoms with Gasteiger partial charge in [0.2, 0.25) is 0 Å². The number of aromatic nitrogens is 3. The lowest BCUT2D eigenvalue weighted by Crippen LogP contribution is -2.57. The second-order valence-corrected chi connectivity index (χ2v) is 7.48. The molecule has 1 spiro atoms. The molecule has 10 nitrogen and oxygen atoms in total. The Morgan fingerprint density at radius 3 is 2.83 bits per heavy atom. The van der Waals surface area contributed by atoms with Crippen LogP contribution in [-0.2, 0) is 14.5 Å². The number of piperazine rings is 1. The molecule has 1 aliphatic heterocycles. The maximum atomic E-state index is 12.2. The van der Waals surface area contributed by atoms with Crippen LogP contribution in [0.2, 0.25) is 0 Å². The summed E-state index contributed by atoms with van der Waals surface area (Å²) in [5, 5.41) is 0.887. The third-order valence-electron chi connectivity index (χ3n) is 4.50. The number of carbonyl (C=O) groups is 1. The van der Waals surface area contributed by atoms with Crippen LogP contribution in [0, 0.1) is 0 Å². The summed E-state index contributed by atoms with van der Waals surface area (Å²) >= 11 is 0. The Bertz CT molecular complexity index is 906. The Kier molecular flexibility index (Phi) is 3.18. The molecule has 3 heterocycles. The number of rotatable bonds is 3. The van der Waals surface area contributed by atoms with E-state index in [0.29, 0.717) is 25.9 Å². The van der Waals surface area contributed by atoms with Crippen molar-refractivity contribution in [3.05, 3.63) is 18.6 Å². The number of H-pyrrole nitrogens is 1. The zero-order valence-corrected chi connectivity index (χ0v) is 13.5. The molecule has 1 saturated carbocycles. The molecule has 2 aromatic rings. The van der Waals surface area contributed by atoms with Gasteiger partial charge in [-0.1, -0.05) is 0 Å². The van der Waals surface area contributed by atoms with Crippen LogP contribution in [0.3, 0.4) is 0 Å². The summed E-state index contributed by atoms with van der Waals surface area (Å²) in [4.78, 5) is 24.5. The van der Waals surface area contributed by atoms with Crippen molar-refractivity contribution in [2.75, 3.05) is 24.5 Å². The van der Waals surface area contributed by atoms with Gasteiger partial charge in [0.15, 0.2) is 0 Å². The minimum Gasteiger partial charge on any atom is -0.353 e. The first-order chi connectivity index (χ1) is 11.4. The van der Waals surface area contributed by atoms with E-state index in [1.807, 2.05) is 11.0 Å². The highest BCUT2D eigenvalue weighted by atomic mass is 32.2. The summed E-state index contributed by atoms with van der Waals surface area (Å²) in [6.07, 6.45) is 3.35. The number of nitrogens with one attached hydrogen (secondary N) is 1. The summed E-state index contributed by atoms with van der Waals surface area (Å²) in [7, 11) is -4.17. The number of amides is 1. The number of fused-ring (bicyclic) bond motifs is 1. The lowest BCUT2D eigenvalue weighted by molar-refractivity contribution is 0.194. The average Bonchev–Trinajstić information content (AvgIpc) is 3.09. The van der Waals surface area contributed by atoms with Crippen molar-refractivity contribution in [1.29, 1.82) is 0 Å². The van der Waals surface area contributed by atoms with Crippen LogP contribution in [0.15, 0.2) is 18.6 Å². The van der Waals surface area contributed by atoms with Gasteiger partial charge in [-0.15, -0.1) is 0 Å². The molecule has 0 radical (unpaired) electrons. The monoisotopic (exact) mass is 352 g/mol. The van der Waals surface area contributed by atoms with Crippen molar-refractivity contribution in [1.82, 2.24) is 19.3 Å². The van der Waals surface area contributed by atoms with Gasteiger partial charge in [0.25, 0.3) is 0 Å². The molecule has 0 bridgehead atoms. The number of aromatic amines is 1. The fraction of sp³-hybridized carbons (Fsp3) is 0.462. The summed E-state index contributed by atoms with van der Waals surface area (Å²) in [5.74, 6) is 0.764. The van der Waals surface area contributed by atoms with Crippen LogP contribution in [0.25, 0.3) is 11.0 Å². The second kappa shape index (κ2) is 5.05. The second-order valence-electron chi connectivity index (χ2n) is 6.02. The van der Waals surface area contributed by atoms with Gasteiger partial charge in [-0.25, -0.2) is 14.8 Å². The predicted octanol–water partition coefficient (Wildman–Crippen LogP) is -0.0474. The molecule has 24 heavy (non-hydrogen) atoms. The van der Waals surface area contributed by atoms with Crippen molar-refractivity contribution in [3.8, 4) is 0 Å². The Labute approximate surface area is 137 Å². The summed E-state index contributed by atoms with van der Waals surface area (Å²) in [6, 6.07) is 1.89. The molecule has 2 aliphatic rings. The summed E-state index contributed by atoms with van der Waals surface area (Å²) < 4.78 is 30.0. The summed E-state index contributed by atoms with van der Waals surface area (Å²) in [6.45, 7) is 1.11. The molecule has 4 rings (SSSR count). The predicted molar refractivity (Wildman–Crippen MR) is 84.4 cm³/mol. The zero-order valence-electron chi connectivity index (χ0n) is 12.7. The molecule has 0 atom stereocenters. The number of carbonyl (C=O) groups excluding carboxylic acids is 1. The van der Waals surface area contributed by atoms with Gasteiger partial charge < -0.3 is 19.8 Å². The first-order valence-corrected chi connectivity index (χ1v) is 8.83. The van der Waals surface area contributed by atoms with Crippen molar-refractivity contribution in [3.63, 3.8) is 0 Å². The van der Waals surface area contributed by atoms with E-state index in [1.165, 1.54) is 10.6 Å². The molecule has 1 amide bonds. The van der Waals surface area contributed by atoms with Crippen LogP contribution in [0.4, 0.5) is 10.6 Å². The van der Waals surface area contributed by atoms with Crippen LogP contribution in [0.1, 0.15) is 12.8 Å². The van der Waals surface area contributed by atoms with Gasteiger partial charge in [0.1, 0.15) is 17.8 Å². The molecule has 0 aromatic carbocycles. The standard InChI is InChI=1S/C13H16N6O4S/c14-12(20)23-24(21,22)19-6-5-18(7-13(19)2-3-13)11-9-1-4-15-10(9)16-8-17-11/h1,4,8H,2-3,5-7H2,(H2,14,20)(H,15,16,17). The minimum atomic E-state index is -4.17. The van der Waals surface area contributed by atoms with Crippen LogP contribution in [0.5, 0.6) is 0 Å². The van der Waals surface area contributed by atoms with Crippen molar-refractivity contribution in [2.45, 2.75) is 18.4 Å². The molecular formula is C13H16N6O4S. The summed E-state index contributed by atoms with van der Waals surface area (Å²) in [5.41, 5.74) is 5.03.